The minimum atomic E-state index is -0.427. The Morgan fingerprint density at radius 3 is 2.37 bits per heavy atom. The van der Waals surface area contributed by atoms with Gasteiger partial charge in [-0.1, -0.05) is 6.07 Å². The molecule has 2 rings (SSSR count). The summed E-state index contributed by atoms with van der Waals surface area (Å²) < 4.78 is 13.9. The smallest absolute Gasteiger partial charge is 0.164 e. The van der Waals surface area contributed by atoms with Gasteiger partial charge in [0.2, 0.25) is 0 Å². The normalized spacial score (nSPS) is 24.6. The Bertz CT molecular complexity index is 477. The summed E-state index contributed by atoms with van der Waals surface area (Å²) in [5.41, 5.74) is 0.936. The third-order valence-electron chi connectivity index (χ3n) is 4.04. The number of nitrogens with zero attached hydrogens (tertiary/aromatic N) is 2. The molecule has 1 aromatic carbocycles. The van der Waals surface area contributed by atoms with Crippen molar-refractivity contribution in [2.75, 3.05) is 25.0 Å². The highest BCUT2D eigenvalue weighted by molar-refractivity contribution is 6.00. The van der Waals surface area contributed by atoms with E-state index in [0.717, 1.165) is 18.8 Å². The molecule has 0 aromatic heterocycles. The van der Waals surface area contributed by atoms with E-state index >= 15 is 0 Å². The number of hydrogen-bond acceptors (Lipinski definition) is 3. The Kier molecular flexibility index (Phi) is 3.90. The highest BCUT2D eigenvalue weighted by Crippen LogP contribution is 2.27. The van der Waals surface area contributed by atoms with E-state index in [2.05, 4.69) is 30.7 Å². The number of carbonyl (C=O) groups excluding carboxylic acids is 1. The fourth-order valence-corrected chi connectivity index (χ4v) is 2.73. The molecule has 0 spiro atoms. The third-order valence-corrected chi connectivity index (χ3v) is 4.04. The number of rotatable bonds is 2. The van der Waals surface area contributed by atoms with Crippen molar-refractivity contribution >= 4 is 11.5 Å². The van der Waals surface area contributed by atoms with Gasteiger partial charge in [-0.15, -0.1) is 0 Å². The standard InChI is InChI=1S/C15H21FN2O/c1-10-8-18(9-11(2)17(10)4)14-7-5-6-13(16)15(14)12(3)19/h5-7,10-11H,8-9H2,1-4H3. The number of hydrogen-bond donors (Lipinski definition) is 0. The first kappa shape index (κ1) is 14.0. The molecule has 0 bridgehead atoms. The lowest BCUT2D eigenvalue weighted by Crippen LogP contribution is -2.55. The van der Waals surface area contributed by atoms with E-state index in [-0.39, 0.29) is 11.3 Å². The summed E-state index contributed by atoms with van der Waals surface area (Å²) in [5, 5.41) is 0. The molecular formula is C15H21FN2O. The lowest BCUT2D eigenvalue weighted by atomic mass is 10.0. The summed E-state index contributed by atoms with van der Waals surface area (Å²) >= 11 is 0. The van der Waals surface area contributed by atoms with E-state index < -0.39 is 5.82 Å². The van der Waals surface area contributed by atoms with Crippen LogP contribution in [0.25, 0.3) is 0 Å². The second-order valence-corrected chi connectivity index (χ2v) is 5.46. The molecule has 1 fully saturated rings. The zero-order chi connectivity index (χ0) is 14.2. The summed E-state index contributed by atoms with van der Waals surface area (Å²) in [4.78, 5) is 16.1. The predicted octanol–water partition coefficient (Wildman–Crippen LogP) is 2.56. The largest absolute Gasteiger partial charge is 0.368 e. The first-order valence-electron chi connectivity index (χ1n) is 6.68. The molecule has 4 heteroatoms. The third kappa shape index (κ3) is 2.63. The van der Waals surface area contributed by atoms with Gasteiger partial charge in [0.05, 0.1) is 11.3 Å². The van der Waals surface area contributed by atoms with Crippen LogP contribution in [-0.4, -0.2) is 42.9 Å². The van der Waals surface area contributed by atoms with E-state index in [1.807, 2.05) is 6.07 Å². The van der Waals surface area contributed by atoms with Gasteiger partial charge in [-0.25, -0.2) is 4.39 Å². The summed E-state index contributed by atoms with van der Waals surface area (Å²) in [6.07, 6.45) is 0. The maximum Gasteiger partial charge on any atom is 0.164 e. The van der Waals surface area contributed by atoms with Crippen LogP contribution in [0.1, 0.15) is 31.1 Å². The van der Waals surface area contributed by atoms with Crippen LogP contribution in [0.3, 0.4) is 0 Å². The van der Waals surface area contributed by atoms with Crippen molar-refractivity contribution in [3.63, 3.8) is 0 Å². The monoisotopic (exact) mass is 264 g/mol. The maximum atomic E-state index is 13.9. The average Bonchev–Trinajstić information content (AvgIpc) is 2.34. The lowest BCUT2D eigenvalue weighted by Gasteiger charge is -2.44. The number of carbonyl (C=O) groups is 1. The van der Waals surface area contributed by atoms with Crippen LogP contribution in [0.15, 0.2) is 18.2 Å². The number of anilines is 1. The number of piperazine rings is 1. The topological polar surface area (TPSA) is 23.6 Å². The van der Waals surface area contributed by atoms with Crippen molar-refractivity contribution in [2.45, 2.75) is 32.9 Å². The number of likely N-dealkylation sites (N-methyl/N-ethyl adjacent to an activating group) is 1. The fraction of sp³-hybridized carbons (Fsp3) is 0.533. The van der Waals surface area contributed by atoms with Crippen LogP contribution in [0.2, 0.25) is 0 Å². The zero-order valence-corrected chi connectivity index (χ0v) is 12.0. The Labute approximate surface area is 114 Å². The number of halogens is 1. The van der Waals surface area contributed by atoms with Gasteiger partial charge < -0.3 is 4.90 Å². The first-order valence-corrected chi connectivity index (χ1v) is 6.68. The van der Waals surface area contributed by atoms with E-state index in [1.165, 1.54) is 13.0 Å². The Balaban J connectivity index is 2.37. The lowest BCUT2D eigenvalue weighted by molar-refractivity contribution is 0.101. The van der Waals surface area contributed by atoms with Crippen molar-refractivity contribution in [2.24, 2.45) is 0 Å². The molecule has 2 atom stereocenters. The van der Waals surface area contributed by atoms with Gasteiger partial charge in [-0.05, 0) is 40.0 Å². The second kappa shape index (κ2) is 5.29. The van der Waals surface area contributed by atoms with Crippen LogP contribution in [0.5, 0.6) is 0 Å². The van der Waals surface area contributed by atoms with Crippen molar-refractivity contribution < 1.29 is 9.18 Å². The molecule has 0 amide bonds. The molecule has 0 N–H and O–H groups in total. The number of ketones is 1. The van der Waals surface area contributed by atoms with E-state index in [1.54, 1.807) is 6.07 Å². The maximum absolute atomic E-state index is 13.9. The van der Waals surface area contributed by atoms with Gasteiger partial charge in [-0.2, -0.15) is 0 Å². The van der Waals surface area contributed by atoms with Crippen molar-refractivity contribution in [3.05, 3.63) is 29.6 Å². The molecule has 1 aliphatic heterocycles. The molecule has 1 saturated heterocycles. The predicted molar refractivity (Wildman–Crippen MR) is 75.3 cm³/mol. The molecule has 1 heterocycles. The first-order chi connectivity index (χ1) is 8.91. The Morgan fingerprint density at radius 2 is 1.84 bits per heavy atom. The highest BCUT2D eigenvalue weighted by Gasteiger charge is 2.28. The molecule has 0 saturated carbocycles. The van der Waals surface area contributed by atoms with E-state index in [0.29, 0.717) is 12.1 Å². The van der Waals surface area contributed by atoms with Crippen LogP contribution in [0, 0.1) is 5.82 Å². The second-order valence-electron chi connectivity index (χ2n) is 5.46. The van der Waals surface area contributed by atoms with Crippen LogP contribution in [-0.2, 0) is 0 Å². The zero-order valence-electron chi connectivity index (χ0n) is 12.0. The van der Waals surface area contributed by atoms with Gasteiger partial charge in [0, 0.05) is 25.2 Å². The van der Waals surface area contributed by atoms with Crippen molar-refractivity contribution in [1.82, 2.24) is 4.90 Å². The fourth-order valence-electron chi connectivity index (χ4n) is 2.73. The highest BCUT2D eigenvalue weighted by atomic mass is 19.1. The molecule has 2 unspecified atom stereocenters. The van der Waals surface area contributed by atoms with Gasteiger partial charge in [0.25, 0.3) is 0 Å². The summed E-state index contributed by atoms with van der Waals surface area (Å²) in [5.74, 6) is -0.642. The van der Waals surface area contributed by atoms with E-state index in [4.69, 9.17) is 0 Å². The average molecular weight is 264 g/mol. The summed E-state index contributed by atoms with van der Waals surface area (Å²) in [6.45, 7) is 7.34. The van der Waals surface area contributed by atoms with E-state index in [9.17, 15) is 9.18 Å². The molecule has 19 heavy (non-hydrogen) atoms. The molecule has 0 aliphatic carbocycles. The SMILES string of the molecule is CC(=O)c1c(F)cccc1N1CC(C)N(C)C(C)C1. The van der Waals surface area contributed by atoms with Crippen LogP contribution in [0.4, 0.5) is 10.1 Å². The van der Waals surface area contributed by atoms with Gasteiger partial charge >= 0.3 is 0 Å². The van der Waals surface area contributed by atoms with Crippen molar-refractivity contribution in [3.8, 4) is 0 Å². The number of Topliss-reactive ketones (excluding diaryl/α,β-unsaturated/α-hetero) is 1. The van der Waals surface area contributed by atoms with Gasteiger partial charge in [-0.3, -0.25) is 9.69 Å². The molecular weight excluding hydrogens is 243 g/mol. The quantitative estimate of drug-likeness (QED) is 0.767. The Morgan fingerprint density at radius 1 is 1.26 bits per heavy atom. The van der Waals surface area contributed by atoms with Crippen LogP contribution < -0.4 is 4.90 Å². The van der Waals surface area contributed by atoms with Gasteiger partial charge in [0.15, 0.2) is 5.78 Å². The van der Waals surface area contributed by atoms with Crippen LogP contribution >= 0.6 is 0 Å². The summed E-state index contributed by atoms with van der Waals surface area (Å²) in [6, 6.07) is 5.62. The molecule has 0 radical (unpaired) electrons. The molecule has 104 valence electrons. The minimum absolute atomic E-state index is 0.214. The minimum Gasteiger partial charge on any atom is -0.368 e. The number of benzene rings is 1. The molecule has 3 nitrogen and oxygen atoms in total. The summed E-state index contributed by atoms with van der Waals surface area (Å²) in [7, 11) is 2.10. The molecule has 1 aromatic rings. The van der Waals surface area contributed by atoms with Gasteiger partial charge in [0.1, 0.15) is 5.82 Å². The molecule has 1 aliphatic rings. The Hall–Kier alpha value is -1.42. The van der Waals surface area contributed by atoms with Crippen molar-refractivity contribution in [1.29, 1.82) is 0 Å².